The highest BCUT2D eigenvalue weighted by Gasteiger charge is 2.54. The van der Waals surface area contributed by atoms with E-state index in [0.29, 0.717) is 21.6 Å². The number of carbonyl (C=O) groups is 3. The molecule has 0 bridgehead atoms. The van der Waals surface area contributed by atoms with E-state index < -0.39 is 36.4 Å². The molecule has 2 aliphatic rings. The number of hydrogen-bond donors (Lipinski definition) is 3. The SMILES string of the molecule is CN1C(=O)N(Cc2cc3c(Cl)cccc3n2C(=O)O)C(=O)C2C1NC(C(=NO)c1ccccn1)N2C. The van der Waals surface area contributed by atoms with Gasteiger partial charge in [-0.2, -0.15) is 0 Å². The number of carboxylic acid groups (broad SMARTS) is 1. The highest BCUT2D eigenvalue weighted by atomic mass is 35.5. The van der Waals surface area contributed by atoms with Crippen molar-refractivity contribution in [1.29, 1.82) is 0 Å². The van der Waals surface area contributed by atoms with Gasteiger partial charge < -0.3 is 15.2 Å². The summed E-state index contributed by atoms with van der Waals surface area (Å²) >= 11 is 6.26. The Morgan fingerprint density at radius 2 is 1.97 bits per heavy atom. The van der Waals surface area contributed by atoms with E-state index in [-0.39, 0.29) is 18.0 Å². The van der Waals surface area contributed by atoms with Gasteiger partial charge in [0.25, 0.3) is 5.91 Å². The number of aromatic nitrogens is 2. The Kier molecular flexibility index (Phi) is 5.86. The van der Waals surface area contributed by atoms with Gasteiger partial charge in [0.2, 0.25) is 0 Å². The lowest BCUT2D eigenvalue weighted by molar-refractivity contribution is -0.138. The number of benzene rings is 1. The van der Waals surface area contributed by atoms with Crippen molar-refractivity contribution in [1.82, 2.24) is 29.6 Å². The number of pyridine rings is 1. The molecule has 3 amide bonds. The number of fused-ring (bicyclic) bond motifs is 2. The van der Waals surface area contributed by atoms with Crippen molar-refractivity contribution in [3.05, 3.63) is 65.1 Å². The molecule has 2 aliphatic heterocycles. The second-order valence-corrected chi connectivity index (χ2v) is 8.98. The number of urea groups is 1. The number of oxime groups is 1. The van der Waals surface area contributed by atoms with Gasteiger partial charge in [-0.1, -0.05) is 28.9 Å². The molecule has 3 aromatic rings. The van der Waals surface area contributed by atoms with Gasteiger partial charge in [0, 0.05) is 23.7 Å². The molecule has 2 aromatic heterocycles. The van der Waals surface area contributed by atoms with Crippen LogP contribution >= 0.6 is 11.6 Å². The molecule has 0 spiro atoms. The zero-order chi connectivity index (χ0) is 25.7. The molecule has 5 rings (SSSR count). The molecule has 0 radical (unpaired) electrons. The summed E-state index contributed by atoms with van der Waals surface area (Å²) in [5.41, 5.74) is 1.17. The summed E-state index contributed by atoms with van der Waals surface area (Å²) in [5.74, 6) is -0.521. The average molecular weight is 512 g/mol. The third-order valence-corrected chi connectivity index (χ3v) is 6.95. The molecule has 0 aliphatic carbocycles. The zero-order valence-electron chi connectivity index (χ0n) is 19.2. The van der Waals surface area contributed by atoms with Crippen LogP contribution in [0.1, 0.15) is 11.4 Å². The standard InChI is InChI=1S/C23H22ClN7O5/c1-28-18-20(26-19(28)17(27-36)15-7-3-4-9-25-15)29(2)22(33)30(21(18)32)11-12-10-13-14(24)6-5-8-16(13)31(12)23(34)35/h3-10,18-20,26,36H,11H2,1-2H3,(H,34,35). The van der Waals surface area contributed by atoms with Crippen molar-refractivity contribution >= 4 is 46.2 Å². The van der Waals surface area contributed by atoms with Gasteiger partial charge in [0.1, 0.15) is 24.1 Å². The third-order valence-electron chi connectivity index (χ3n) is 6.62. The maximum Gasteiger partial charge on any atom is 0.416 e. The fraction of sp³-hybridized carbons (Fsp3) is 0.261. The molecule has 2 saturated heterocycles. The summed E-state index contributed by atoms with van der Waals surface area (Å²) in [6, 6.07) is 10.1. The predicted octanol–water partition coefficient (Wildman–Crippen LogP) is 2.04. The van der Waals surface area contributed by atoms with Gasteiger partial charge in [-0.05, 0) is 37.4 Å². The van der Waals surface area contributed by atoms with Crippen molar-refractivity contribution < 1.29 is 24.7 Å². The second kappa shape index (κ2) is 8.90. The summed E-state index contributed by atoms with van der Waals surface area (Å²) < 4.78 is 1.02. The lowest BCUT2D eigenvalue weighted by Gasteiger charge is -2.40. The van der Waals surface area contributed by atoms with Crippen molar-refractivity contribution in [3.8, 4) is 0 Å². The van der Waals surface area contributed by atoms with Gasteiger partial charge in [0.15, 0.2) is 0 Å². The summed E-state index contributed by atoms with van der Waals surface area (Å²) in [6.07, 6.45) is -1.14. The van der Waals surface area contributed by atoms with Crippen LogP contribution < -0.4 is 5.32 Å². The number of rotatable bonds is 4. The van der Waals surface area contributed by atoms with Gasteiger partial charge >= 0.3 is 12.1 Å². The van der Waals surface area contributed by atoms with E-state index in [2.05, 4.69) is 15.5 Å². The molecule has 3 N–H and O–H groups in total. The molecule has 4 heterocycles. The van der Waals surface area contributed by atoms with Gasteiger partial charge in [0.05, 0.1) is 23.4 Å². The molecular weight excluding hydrogens is 490 g/mol. The quantitative estimate of drug-likeness (QED) is 0.274. The molecule has 3 atom stereocenters. The average Bonchev–Trinajstić information content (AvgIpc) is 3.41. The molecule has 36 heavy (non-hydrogen) atoms. The first-order chi connectivity index (χ1) is 17.2. The van der Waals surface area contributed by atoms with Crippen LogP contribution in [0, 0.1) is 0 Å². The summed E-state index contributed by atoms with van der Waals surface area (Å²) in [6.45, 7) is -0.276. The first-order valence-corrected chi connectivity index (χ1v) is 11.3. The highest BCUT2D eigenvalue weighted by Crippen LogP contribution is 2.31. The molecule has 186 valence electrons. The van der Waals surface area contributed by atoms with E-state index in [1.54, 1.807) is 67.7 Å². The minimum atomic E-state index is -1.26. The number of nitrogens with zero attached hydrogens (tertiary/aromatic N) is 6. The Morgan fingerprint density at radius 1 is 1.19 bits per heavy atom. The van der Waals surface area contributed by atoms with E-state index >= 15 is 0 Å². The molecular formula is C23H22ClN7O5. The Bertz CT molecular complexity index is 1410. The normalized spacial score (nSPS) is 23.0. The van der Waals surface area contributed by atoms with Gasteiger partial charge in [-0.15, -0.1) is 0 Å². The second-order valence-electron chi connectivity index (χ2n) is 8.57. The number of likely N-dealkylation sites (N-methyl/N-ethyl adjacent to an activating group) is 2. The van der Waals surface area contributed by atoms with E-state index in [0.717, 1.165) is 9.47 Å². The van der Waals surface area contributed by atoms with Crippen LogP contribution in [0.2, 0.25) is 5.02 Å². The lowest BCUT2D eigenvalue weighted by atomic mass is 10.1. The molecule has 2 fully saturated rings. The number of carbonyl (C=O) groups excluding carboxylic acids is 2. The maximum atomic E-state index is 13.6. The van der Waals surface area contributed by atoms with E-state index in [1.165, 1.54) is 4.90 Å². The van der Waals surface area contributed by atoms with Crippen LogP contribution in [0.25, 0.3) is 10.9 Å². The Morgan fingerprint density at radius 3 is 2.64 bits per heavy atom. The number of amides is 3. The monoisotopic (exact) mass is 511 g/mol. The molecule has 1 aromatic carbocycles. The number of halogens is 1. The predicted molar refractivity (Wildman–Crippen MR) is 129 cm³/mol. The van der Waals surface area contributed by atoms with E-state index in [1.807, 2.05) is 0 Å². The smallest absolute Gasteiger partial charge is 0.416 e. The third kappa shape index (κ3) is 3.58. The Balaban J connectivity index is 1.49. The Labute approximate surface area is 210 Å². The number of nitrogens with one attached hydrogen (secondary N) is 1. The van der Waals surface area contributed by atoms with Crippen molar-refractivity contribution in [2.75, 3.05) is 14.1 Å². The highest BCUT2D eigenvalue weighted by molar-refractivity contribution is 6.35. The first-order valence-electron chi connectivity index (χ1n) is 11.0. The Hall–Kier alpha value is -4.00. The van der Waals surface area contributed by atoms with Crippen molar-refractivity contribution in [2.24, 2.45) is 5.16 Å². The van der Waals surface area contributed by atoms with E-state index in [9.17, 15) is 24.7 Å². The van der Waals surface area contributed by atoms with Crippen LogP contribution in [0.15, 0.2) is 53.8 Å². The summed E-state index contributed by atoms with van der Waals surface area (Å²) in [5, 5.41) is 27.0. The number of hydrogen-bond acceptors (Lipinski definition) is 8. The van der Waals surface area contributed by atoms with Crippen molar-refractivity contribution in [2.45, 2.75) is 24.9 Å². The van der Waals surface area contributed by atoms with Crippen LogP contribution in [0.3, 0.4) is 0 Å². The zero-order valence-corrected chi connectivity index (χ0v) is 20.0. The minimum absolute atomic E-state index is 0.188. The van der Waals surface area contributed by atoms with Gasteiger partial charge in [-0.25, -0.2) is 14.2 Å². The minimum Gasteiger partial charge on any atom is -0.464 e. The largest absolute Gasteiger partial charge is 0.464 e. The topological polar surface area (TPSA) is 144 Å². The summed E-state index contributed by atoms with van der Waals surface area (Å²) in [7, 11) is 3.22. The first kappa shape index (κ1) is 23.7. The molecule has 12 nitrogen and oxygen atoms in total. The molecule has 13 heteroatoms. The lowest BCUT2D eigenvalue weighted by Crippen LogP contribution is -2.65. The van der Waals surface area contributed by atoms with E-state index in [4.69, 9.17) is 11.6 Å². The molecule has 3 unspecified atom stereocenters. The van der Waals surface area contributed by atoms with Crippen LogP contribution in [-0.4, -0.2) is 90.8 Å². The number of imide groups is 1. The van der Waals surface area contributed by atoms with Gasteiger partial charge in [-0.3, -0.25) is 24.9 Å². The molecule has 0 saturated carbocycles. The van der Waals surface area contributed by atoms with Crippen LogP contribution in [0.4, 0.5) is 9.59 Å². The fourth-order valence-corrected chi connectivity index (χ4v) is 5.11. The van der Waals surface area contributed by atoms with Crippen molar-refractivity contribution in [3.63, 3.8) is 0 Å². The maximum absolute atomic E-state index is 13.6. The summed E-state index contributed by atoms with van der Waals surface area (Å²) in [4.78, 5) is 47.2. The fourth-order valence-electron chi connectivity index (χ4n) is 4.88. The van der Waals surface area contributed by atoms with Crippen LogP contribution in [0.5, 0.6) is 0 Å². The van der Waals surface area contributed by atoms with Crippen LogP contribution in [-0.2, 0) is 11.3 Å².